The van der Waals surface area contributed by atoms with Gasteiger partial charge in [-0.05, 0) is 31.0 Å². The van der Waals surface area contributed by atoms with Crippen LogP contribution in [0.3, 0.4) is 0 Å². The van der Waals surface area contributed by atoms with Crippen LogP contribution in [0.4, 0.5) is 0 Å². The van der Waals surface area contributed by atoms with Gasteiger partial charge in [0.2, 0.25) is 5.91 Å². The molecule has 7 nitrogen and oxygen atoms in total. The zero-order valence-corrected chi connectivity index (χ0v) is 20.3. The number of halogens is 1. The lowest BCUT2D eigenvalue weighted by molar-refractivity contribution is -0.119. The van der Waals surface area contributed by atoms with E-state index in [9.17, 15) is 4.79 Å². The minimum absolute atomic E-state index is 0.0524. The molecule has 1 aliphatic carbocycles. The molecule has 1 saturated heterocycles. The van der Waals surface area contributed by atoms with Gasteiger partial charge in [-0.2, -0.15) is 0 Å². The van der Waals surface area contributed by atoms with Crippen molar-refractivity contribution >= 4 is 40.3 Å². The monoisotopic (exact) mass is 480 g/mol. The topological polar surface area (TPSA) is 68.6 Å². The molecule has 2 aromatic rings. The Hall–Kier alpha value is -1.32. The Morgan fingerprint density at radius 3 is 2.81 bits per heavy atom. The normalized spacial score (nSPS) is 19.3. The van der Waals surface area contributed by atoms with Gasteiger partial charge in [0.15, 0.2) is 5.16 Å². The molecule has 1 saturated carbocycles. The van der Waals surface area contributed by atoms with E-state index < -0.39 is 0 Å². The number of benzene rings is 1. The number of nitrogens with zero attached hydrogens (tertiary/aromatic N) is 3. The molecular formula is C23H33ClN4O3S. The van der Waals surface area contributed by atoms with Crippen LogP contribution in [0.2, 0.25) is 5.02 Å². The quantitative estimate of drug-likeness (QED) is 0.553. The van der Waals surface area contributed by atoms with Gasteiger partial charge in [-0.25, -0.2) is 4.98 Å². The van der Waals surface area contributed by atoms with Crippen molar-refractivity contribution in [2.75, 3.05) is 52.3 Å². The highest BCUT2D eigenvalue weighted by Crippen LogP contribution is 2.34. The Morgan fingerprint density at radius 2 is 2.06 bits per heavy atom. The Balaban J connectivity index is 1.39. The maximum absolute atomic E-state index is 12.8. The third kappa shape index (κ3) is 5.59. The molecule has 0 radical (unpaired) electrons. The first-order chi connectivity index (χ1) is 15.6. The van der Waals surface area contributed by atoms with Crippen LogP contribution in [0.1, 0.15) is 32.1 Å². The highest BCUT2D eigenvalue weighted by atomic mass is 35.5. The van der Waals surface area contributed by atoms with E-state index >= 15 is 0 Å². The fraction of sp³-hybridized carbons (Fsp3) is 0.652. The summed E-state index contributed by atoms with van der Waals surface area (Å²) in [6.45, 7) is 5.45. The smallest absolute Gasteiger partial charge is 0.230 e. The third-order valence-corrected chi connectivity index (χ3v) is 7.82. The number of nitrogens with one attached hydrogen (secondary N) is 1. The zero-order chi connectivity index (χ0) is 22.4. The van der Waals surface area contributed by atoms with Crippen molar-refractivity contribution in [2.24, 2.45) is 0 Å². The van der Waals surface area contributed by atoms with E-state index in [4.69, 9.17) is 26.1 Å². The van der Waals surface area contributed by atoms with Crippen molar-refractivity contribution in [1.82, 2.24) is 19.8 Å². The summed E-state index contributed by atoms with van der Waals surface area (Å²) in [5.41, 5.74) is 1.91. The molecule has 1 N–H and O–H groups in total. The van der Waals surface area contributed by atoms with E-state index in [1.807, 2.05) is 18.2 Å². The van der Waals surface area contributed by atoms with Crippen LogP contribution in [0.5, 0.6) is 0 Å². The van der Waals surface area contributed by atoms with E-state index in [2.05, 4.69) is 14.8 Å². The molecular weight excluding hydrogens is 448 g/mol. The maximum atomic E-state index is 12.8. The largest absolute Gasteiger partial charge is 0.383 e. The molecule has 1 aliphatic heterocycles. The van der Waals surface area contributed by atoms with Crippen LogP contribution < -0.4 is 5.32 Å². The lowest BCUT2D eigenvalue weighted by atomic mass is 9.79. The van der Waals surface area contributed by atoms with Gasteiger partial charge in [0.25, 0.3) is 0 Å². The summed E-state index contributed by atoms with van der Waals surface area (Å²) >= 11 is 7.61. The van der Waals surface area contributed by atoms with Gasteiger partial charge >= 0.3 is 0 Å². The number of hydrogen-bond donors (Lipinski definition) is 1. The number of fused-ring (bicyclic) bond motifs is 1. The van der Waals surface area contributed by atoms with Gasteiger partial charge in [0.1, 0.15) is 0 Å². The number of rotatable bonds is 9. The minimum atomic E-state index is 0.0524. The van der Waals surface area contributed by atoms with Crippen LogP contribution in [0.15, 0.2) is 23.4 Å². The maximum Gasteiger partial charge on any atom is 0.230 e. The van der Waals surface area contributed by atoms with Gasteiger partial charge in [0.05, 0.1) is 36.6 Å². The Labute approximate surface area is 199 Å². The fourth-order valence-corrected chi connectivity index (χ4v) is 5.92. The predicted molar refractivity (Wildman–Crippen MR) is 129 cm³/mol. The highest BCUT2D eigenvalue weighted by Gasteiger charge is 2.38. The summed E-state index contributed by atoms with van der Waals surface area (Å²) in [5.74, 6) is 0.389. The van der Waals surface area contributed by atoms with Gasteiger partial charge in [-0.15, -0.1) is 0 Å². The summed E-state index contributed by atoms with van der Waals surface area (Å²) in [4.78, 5) is 20.1. The average Bonchev–Trinajstić information content (AvgIpc) is 3.17. The minimum Gasteiger partial charge on any atom is -0.383 e. The first kappa shape index (κ1) is 23.8. The number of thioether (sulfide) groups is 1. The average molecular weight is 481 g/mol. The molecule has 2 heterocycles. The number of aromatic nitrogens is 2. The van der Waals surface area contributed by atoms with Crippen molar-refractivity contribution in [3.8, 4) is 0 Å². The number of carbonyl (C=O) groups excluding carboxylic acids is 1. The van der Waals surface area contributed by atoms with E-state index in [1.54, 1.807) is 7.11 Å². The summed E-state index contributed by atoms with van der Waals surface area (Å²) in [7, 11) is 1.69. The molecule has 0 atom stereocenters. The van der Waals surface area contributed by atoms with Crippen LogP contribution >= 0.6 is 23.4 Å². The van der Waals surface area contributed by atoms with Crippen LogP contribution in [0.25, 0.3) is 11.0 Å². The van der Waals surface area contributed by atoms with E-state index in [0.717, 1.165) is 55.3 Å². The number of amides is 1. The van der Waals surface area contributed by atoms with Gasteiger partial charge in [-0.3, -0.25) is 9.69 Å². The van der Waals surface area contributed by atoms with Crippen molar-refractivity contribution in [2.45, 2.75) is 49.3 Å². The molecule has 2 fully saturated rings. The van der Waals surface area contributed by atoms with E-state index in [1.165, 1.54) is 31.0 Å². The van der Waals surface area contributed by atoms with Crippen LogP contribution in [0, 0.1) is 0 Å². The molecule has 1 aromatic carbocycles. The predicted octanol–water partition coefficient (Wildman–Crippen LogP) is 3.58. The molecule has 176 valence electrons. The molecule has 0 bridgehead atoms. The van der Waals surface area contributed by atoms with Gasteiger partial charge in [-0.1, -0.05) is 42.6 Å². The van der Waals surface area contributed by atoms with E-state index in [0.29, 0.717) is 30.5 Å². The Bertz CT molecular complexity index is 910. The Kier molecular flexibility index (Phi) is 8.34. The van der Waals surface area contributed by atoms with Crippen LogP contribution in [-0.2, 0) is 20.8 Å². The van der Waals surface area contributed by atoms with E-state index in [-0.39, 0.29) is 11.4 Å². The van der Waals surface area contributed by atoms with Crippen molar-refractivity contribution in [3.63, 3.8) is 0 Å². The second-order valence-corrected chi connectivity index (χ2v) is 10.0. The third-order valence-electron chi connectivity index (χ3n) is 6.61. The van der Waals surface area contributed by atoms with Crippen molar-refractivity contribution < 1.29 is 14.3 Å². The second-order valence-electron chi connectivity index (χ2n) is 8.62. The summed E-state index contributed by atoms with van der Waals surface area (Å²) in [5, 5.41) is 4.71. The number of methoxy groups -OCH3 is 1. The molecule has 1 amide bonds. The number of ether oxygens (including phenoxy) is 2. The van der Waals surface area contributed by atoms with Crippen molar-refractivity contribution in [3.05, 3.63) is 23.2 Å². The highest BCUT2D eigenvalue weighted by molar-refractivity contribution is 7.99. The number of morpholine rings is 1. The van der Waals surface area contributed by atoms with Gasteiger partial charge < -0.3 is 19.4 Å². The number of carbonyl (C=O) groups is 1. The van der Waals surface area contributed by atoms with Crippen LogP contribution in [-0.4, -0.2) is 78.2 Å². The number of hydrogen-bond acceptors (Lipinski definition) is 6. The molecule has 0 spiro atoms. The Morgan fingerprint density at radius 1 is 1.28 bits per heavy atom. The summed E-state index contributed by atoms with van der Waals surface area (Å²) in [6, 6.07) is 5.70. The van der Waals surface area contributed by atoms with Gasteiger partial charge in [0, 0.05) is 43.9 Å². The molecule has 32 heavy (non-hydrogen) atoms. The lowest BCUT2D eigenvalue weighted by Gasteiger charge is -2.48. The summed E-state index contributed by atoms with van der Waals surface area (Å²) < 4.78 is 12.9. The molecule has 9 heteroatoms. The second kappa shape index (κ2) is 11.2. The molecule has 0 unspecified atom stereocenters. The molecule has 1 aromatic heterocycles. The standard InChI is InChI=1S/C23H33ClN4O3S/c1-30-12-11-28-20-6-5-18(24)15-19(20)26-22(28)32-16-21(29)25-17-23(7-3-2-4-8-23)27-9-13-31-14-10-27/h5-6,15H,2-4,7-14,16-17H2,1H3,(H,25,29). The lowest BCUT2D eigenvalue weighted by Crippen LogP contribution is -2.59. The SMILES string of the molecule is COCCn1c(SCC(=O)NCC2(N3CCOCC3)CCCCC2)nc2cc(Cl)ccc21. The first-order valence-electron chi connectivity index (χ1n) is 11.5. The first-order valence-corrected chi connectivity index (χ1v) is 12.8. The number of imidazole rings is 1. The molecule has 2 aliphatic rings. The van der Waals surface area contributed by atoms with Crippen molar-refractivity contribution in [1.29, 1.82) is 0 Å². The fourth-order valence-electron chi connectivity index (χ4n) is 4.89. The zero-order valence-electron chi connectivity index (χ0n) is 18.8. The molecule has 4 rings (SSSR count). The summed E-state index contributed by atoms with van der Waals surface area (Å²) in [6.07, 6.45) is 6.04.